The Hall–Kier alpha value is -2.81. The second kappa shape index (κ2) is 6.75. The second-order valence-electron chi connectivity index (χ2n) is 6.39. The average Bonchev–Trinajstić information content (AvgIpc) is 2.61. The molecule has 0 unspecified atom stereocenters. The number of ether oxygens (including phenoxy) is 1. The lowest BCUT2D eigenvalue weighted by molar-refractivity contribution is 0.0831. The lowest BCUT2D eigenvalue weighted by Crippen LogP contribution is -2.42. The van der Waals surface area contributed by atoms with E-state index in [9.17, 15) is 4.79 Å². The standard InChI is InChI=1S/C21H21NO2/c1-21(2,15-22-20(23)17-10-4-3-5-11-17)24-19-14-8-12-16-9-6-7-13-18(16)19/h3-14H,15H2,1-2H3,(H,22,23). The van der Waals surface area contributed by atoms with Gasteiger partial charge < -0.3 is 10.1 Å². The quantitative estimate of drug-likeness (QED) is 0.755. The van der Waals surface area contributed by atoms with Crippen molar-refractivity contribution in [1.29, 1.82) is 0 Å². The molecule has 0 radical (unpaired) electrons. The van der Waals surface area contributed by atoms with Crippen molar-refractivity contribution in [3.05, 3.63) is 78.4 Å². The minimum Gasteiger partial charge on any atom is -0.485 e. The van der Waals surface area contributed by atoms with Gasteiger partial charge in [0.05, 0.1) is 6.54 Å². The first-order chi connectivity index (χ1) is 11.6. The van der Waals surface area contributed by atoms with Crippen LogP contribution in [0.4, 0.5) is 0 Å². The van der Waals surface area contributed by atoms with Gasteiger partial charge in [-0.25, -0.2) is 0 Å². The molecule has 0 atom stereocenters. The highest BCUT2D eigenvalue weighted by Gasteiger charge is 2.22. The smallest absolute Gasteiger partial charge is 0.251 e. The fourth-order valence-corrected chi connectivity index (χ4v) is 2.60. The van der Waals surface area contributed by atoms with Crippen molar-refractivity contribution in [2.24, 2.45) is 0 Å². The molecule has 3 rings (SSSR count). The van der Waals surface area contributed by atoms with E-state index in [1.54, 1.807) is 12.1 Å². The van der Waals surface area contributed by atoms with E-state index in [1.165, 1.54) is 0 Å². The van der Waals surface area contributed by atoms with Gasteiger partial charge in [-0.1, -0.05) is 54.6 Å². The zero-order valence-corrected chi connectivity index (χ0v) is 14.0. The maximum atomic E-state index is 12.2. The van der Waals surface area contributed by atoms with Crippen LogP contribution >= 0.6 is 0 Å². The summed E-state index contributed by atoms with van der Waals surface area (Å²) in [7, 11) is 0. The number of rotatable bonds is 5. The molecule has 24 heavy (non-hydrogen) atoms. The van der Waals surface area contributed by atoms with Crippen molar-refractivity contribution < 1.29 is 9.53 Å². The van der Waals surface area contributed by atoms with Gasteiger partial charge in [0.2, 0.25) is 0 Å². The first-order valence-corrected chi connectivity index (χ1v) is 8.05. The fourth-order valence-electron chi connectivity index (χ4n) is 2.60. The predicted octanol–water partition coefficient (Wildman–Crippen LogP) is 4.43. The van der Waals surface area contributed by atoms with Gasteiger partial charge in [-0.2, -0.15) is 0 Å². The molecule has 3 aromatic carbocycles. The Morgan fingerprint density at radius 3 is 2.38 bits per heavy atom. The average molecular weight is 319 g/mol. The molecule has 122 valence electrons. The van der Waals surface area contributed by atoms with E-state index >= 15 is 0 Å². The second-order valence-corrected chi connectivity index (χ2v) is 6.39. The van der Waals surface area contributed by atoms with Crippen molar-refractivity contribution in [3.8, 4) is 5.75 Å². The number of nitrogens with one attached hydrogen (secondary N) is 1. The third-order valence-electron chi connectivity index (χ3n) is 3.85. The minimum atomic E-state index is -0.519. The number of fused-ring (bicyclic) bond motifs is 1. The van der Waals surface area contributed by atoms with Crippen LogP contribution in [0.2, 0.25) is 0 Å². The van der Waals surface area contributed by atoms with Crippen molar-refractivity contribution in [1.82, 2.24) is 5.32 Å². The monoisotopic (exact) mass is 319 g/mol. The van der Waals surface area contributed by atoms with E-state index in [0.29, 0.717) is 12.1 Å². The van der Waals surface area contributed by atoms with Crippen LogP contribution in [0.5, 0.6) is 5.75 Å². The Bertz CT molecular complexity index is 835. The molecule has 0 saturated carbocycles. The van der Waals surface area contributed by atoms with Gasteiger partial charge in [0.1, 0.15) is 11.4 Å². The van der Waals surface area contributed by atoms with Crippen LogP contribution in [0.15, 0.2) is 72.8 Å². The zero-order chi connectivity index (χ0) is 17.0. The summed E-state index contributed by atoms with van der Waals surface area (Å²) in [5.41, 5.74) is 0.132. The summed E-state index contributed by atoms with van der Waals surface area (Å²) in [6.45, 7) is 4.37. The minimum absolute atomic E-state index is 0.0924. The summed E-state index contributed by atoms with van der Waals surface area (Å²) in [5.74, 6) is 0.734. The fraction of sp³-hybridized carbons (Fsp3) is 0.190. The van der Waals surface area contributed by atoms with E-state index < -0.39 is 5.60 Å². The molecule has 0 aromatic heterocycles. The van der Waals surface area contributed by atoms with Crippen molar-refractivity contribution in [2.45, 2.75) is 19.4 Å². The van der Waals surface area contributed by atoms with E-state index in [4.69, 9.17) is 4.74 Å². The molecule has 0 fully saturated rings. The molecule has 0 saturated heterocycles. The Morgan fingerprint density at radius 2 is 1.58 bits per heavy atom. The molecule has 1 amide bonds. The number of amides is 1. The molecule has 0 aliphatic carbocycles. The molecule has 0 heterocycles. The largest absolute Gasteiger partial charge is 0.485 e. The van der Waals surface area contributed by atoms with E-state index in [1.807, 2.05) is 62.4 Å². The molecule has 1 N–H and O–H groups in total. The van der Waals surface area contributed by atoms with Crippen molar-refractivity contribution in [2.75, 3.05) is 6.54 Å². The van der Waals surface area contributed by atoms with Crippen molar-refractivity contribution in [3.63, 3.8) is 0 Å². The highest BCUT2D eigenvalue weighted by molar-refractivity contribution is 5.94. The lowest BCUT2D eigenvalue weighted by Gasteiger charge is -2.27. The third kappa shape index (κ3) is 3.74. The Morgan fingerprint density at radius 1 is 0.917 bits per heavy atom. The first kappa shape index (κ1) is 16.1. The normalized spacial score (nSPS) is 11.2. The van der Waals surface area contributed by atoms with E-state index in [2.05, 4.69) is 17.4 Å². The van der Waals surface area contributed by atoms with Gasteiger partial charge in [-0.05, 0) is 37.4 Å². The van der Waals surface area contributed by atoms with E-state index in [0.717, 1.165) is 16.5 Å². The maximum absolute atomic E-state index is 12.2. The Labute approximate surface area is 142 Å². The van der Waals surface area contributed by atoms with Gasteiger partial charge in [-0.3, -0.25) is 4.79 Å². The van der Waals surface area contributed by atoms with Crippen LogP contribution in [0.1, 0.15) is 24.2 Å². The maximum Gasteiger partial charge on any atom is 0.251 e. The van der Waals surface area contributed by atoms with Crippen LogP contribution < -0.4 is 10.1 Å². The molecule has 0 spiro atoms. The van der Waals surface area contributed by atoms with Gasteiger partial charge in [0.25, 0.3) is 5.91 Å². The lowest BCUT2D eigenvalue weighted by atomic mass is 10.1. The zero-order valence-electron chi connectivity index (χ0n) is 14.0. The van der Waals surface area contributed by atoms with Gasteiger partial charge in [0, 0.05) is 10.9 Å². The van der Waals surface area contributed by atoms with Gasteiger partial charge in [0.15, 0.2) is 0 Å². The number of benzene rings is 3. The Balaban J connectivity index is 1.70. The molecule has 3 heteroatoms. The molecular formula is C21H21NO2. The molecule has 3 nitrogen and oxygen atoms in total. The first-order valence-electron chi connectivity index (χ1n) is 8.05. The van der Waals surface area contributed by atoms with Crippen LogP contribution in [-0.4, -0.2) is 18.1 Å². The summed E-state index contributed by atoms with van der Waals surface area (Å²) < 4.78 is 6.19. The Kier molecular flexibility index (Phi) is 4.52. The molecule has 0 aliphatic rings. The number of carbonyl (C=O) groups excluding carboxylic acids is 1. The van der Waals surface area contributed by atoms with Crippen LogP contribution in [0.3, 0.4) is 0 Å². The van der Waals surface area contributed by atoms with Gasteiger partial charge in [-0.15, -0.1) is 0 Å². The number of carbonyl (C=O) groups is 1. The highest BCUT2D eigenvalue weighted by atomic mass is 16.5. The molecule has 0 bridgehead atoms. The summed E-state index contributed by atoms with van der Waals surface area (Å²) in [5, 5.41) is 5.15. The van der Waals surface area contributed by atoms with Crippen LogP contribution in [0.25, 0.3) is 10.8 Å². The molecular weight excluding hydrogens is 298 g/mol. The van der Waals surface area contributed by atoms with Crippen LogP contribution in [-0.2, 0) is 0 Å². The predicted molar refractivity (Wildman–Crippen MR) is 97.4 cm³/mol. The highest BCUT2D eigenvalue weighted by Crippen LogP contribution is 2.28. The molecule has 3 aromatic rings. The van der Waals surface area contributed by atoms with Gasteiger partial charge >= 0.3 is 0 Å². The topological polar surface area (TPSA) is 38.3 Å². The summed E-state index contributed by atoms with van der Waals surface area (Å²) >= 11 is 0. The molecule has 0 aliphatic heterocycles. The summed E-state index contributed by atoms with van der Waals surface area (Å²) in [6, 6.07) is 23.3. The summed E-state index contributed by atoms with van der Waals surface area (Å²) in [4.78, 5) is 12.2. The number of hydrogen-bond acceptors (Lipinski definition) is 2. The summed E-state index contributed by atoms with van der Waals surface area (Å²) in [6.07, 6.45) is 0. The van der Waals surface area contributed by atoms with Crippen molar-refractivity contribution >= 4 is 16.7 Å². The van der Waals surface area contributed by atoms with E-state index in [-0.39, 0.29) is 5.91 Å². The van der Waals surface area contributed by atoms with Crippen LogP contribution in [0, 0.1) is 0 Å². The third-order valence-corrected chi connectivity index (χ3v) is 3.85. The SMILES string of the molecule is CC(C)(CNC(=O)c1ccccc1)Oc1cccc2ccccc12. The number of hydrogen-bond donors (Lipinski definition) is 1.